The molecule has 3 aliphatic heterocycles. The summed E-state index contributed by atoms with van der Waals surface area (Å²) in [5.41, 5.74) is -0.145. The lowest BCUT2D eigenvalue weighted by Gasteiger charge is -2.50. The lowest BCUT2D eigenvalue weighted by Crippen LogP contribution is -2.58. The molecule has 6 heteroatoms. The van der Waals surface area contributed by atoms with Crippen LogP contribution in [0.25, 0.3) is 0 Å². The van der Waals surface area contributed by atoms with Crippen LogP contribution in [0.5, 0.6) is 0 Å². The molecule has 3 saturated heterocycles. The smallest absolute Gasteiger partial charge is 0.248 e. The van der Waals surface area contributed by atoms with Gasteiger partial charge in [-0.3, -0.25) is 9.59 Å². The number of hydrogen-bond acceptors (Lipinski definition) is 4. The van der Waals surface area contributed by atoms with Gasteiger partial charge in [0.15, 0.2) is 0 Å². The molecule has 6 nitrogen and oxygen atoms in total. The number of ether oxygens (including phenoxy) is 2. The van der Waals surface area contributed by atoms with Crippen molar-refractivity contribution in [3.8, 4) is 0 Å². The first-order chi connectivity index (χ1) is 11.1. The Kier molecular flexibility index (Phi) is 5.21. The van der Waals surface area contributed by atoms with Gasteiger partial charge in [-0.25, -0.2) is 0 Å². The molecule has 0 N–H and O–H groups in total. The van der Waals surface area contributed by atoms with Gasteiger partial charge in [-0.1, -0.05) is 0 Å². The Hall–Kier alpha value is -1.14. The average molecular weight is 324 g/mol. The van der Waals surface area contributed by atoms with Gasteiger partial charge in [-0.15, -0.1) is 0 Å². The van der Waals surface area contributed by atoms with Crippen molar-refractivity contribution < 1.29 is 19.1 Å². The summed E-state index contributed by atoms with van der Waals surface area (Å²) in [6.45, 7) is 6.22. The highest BCUT2D eigenvalue weighted by molar-refractivity contribution is 5.77. The predicted molar refractivity (Wildman–Crippen MR) is 84.9 cm³/mol. The van der Waals surface area contributed by atoms with Gasteiger partial charge in [0.2, 0.25) is 11.8 Å². The molecule has 2 amide bonds. The number of amides is 2. The molecule has 2 unspecified atom stereocenters. The van der Waals surface area contributed by atoms with E-state index in [1.165, 1.54) is 0 Å². The number of likely N-dealkylation sites (tertiary alicyclic amines) is 2. The minimum atomic E-state index is -0.145. The molecule has 3 rings (SSSR count). The predicted octanol–water partition coefficient (Wildman–Crippen LogP) is 1.04. The maximum absolute atomic E-state index is 12.1. The monoisotopic (exact) mass is 324 g/mol. The van der Waals surface area contributed by atoms with E-state index in [1.54, 1.807) is 6.92 Å². The fourth-order valence-corrected chi connectivity index (χ4v) is 4.17. The lowest BCUT2D eigenvalue weighted by atomic mass is 9.73. The van der Waals surface area contributed by atoms with Crippen LogP contribution in [0.3, 0.4) is 0 Å². The molecule has 3 fully saturated rings. The van der Waals surface area contributed by atoms with E-state index in [2.05, 4.69) is 0 Å². The maximum atomic E-state index is 12.1. The van der Waals surface area contributed by atoms with Crippen LogP contribution in [-0.4, -0.2) is 73.7 Å². The van der Waals surface area contributed by atoms with E-state index in [1.807, 2.05) is 9.80 Å². The first-order valence-electron chi connectivity index (χ1n) is 8.83. The SMILES string of the molecule is CC(=O)N1CCC2OCCCC2(COCC(=O)N2CCCC2)C1. The van der Waals surface area contributed by atoms with Crippen LogP contribution in [0.4, 0.5) is 0 Å². The van der Waals surface area contributed by atoms with E-state index in [0.29, 0.717) is 13.2 Å². The summed E-state index contributed by atoms with van der Waals surface area (Å²) in [6, 6.07) is 0. The van der Waals surface area contributed by atoms with Crippen molar-refractivity contribution in [1.82, 2.24) is 9.80 Å². The van der Waals surface area contributed by atoms with Gasteiger partial charge in [-0.05, 0) is 32.1 Å². The summed E-state index contributed by atoms with van der Waals surface area (Å²) in [5.74, 6) is 0.202. The van der Waals surface area contributed by atoms with Crippen LogP contribution in [0.15, 0.2) is 0 Å². The van der Waals surface area contributed by atoms with Crippen molar-refractivity contribution in [3.05, 3.63) is 0 Å². The first kappa shape index (κ1) is 16.7. The van der Waals surface area contributed by atoms with Crippen molar-refractivity contribution in [3.63, 3.8) is 0 Å². The molecule has 0 aromatic heterocycles. The second kappa shape index (κ2) is 7.18. The average Bonchev–Trinajstić information content (AvgIpc) is 3.08. The Morgan fingerprint density at radius 3 is 2.70 bits per heavy atom. The second-order valence-corrected chi connectivity index (χ2v) is 7.14. The van der Waals surface area contributed by atoms with Gasteiger partial charge >= 0.3 is 0 Å². The van der Waals surface area contributed by atoms with Crippen molar-refractivity contribution >= 4 is 11.8 Å². The molecule has 2 atom stereocenters. The molecule has 0 bridgehead atoms. The van der Waals surface area contributed by atoms with E-state index in [9.17, 15) is 9.59 Å². The minimum Gasteiger partial charge on any atom is -0.377 e. The van der Waals surface area contributed by atoms with Gasteiger partial charge < -0.3 is 19.3 Å². The highest BCUT2D eigenvalue weighted by Crippen LogP contribution is 2.40. The number of nitrogens with zero attached hydrogens (tertiary/aromatic N) is 2. The number of carbonyl (C=O) groups is 2. The zero-order chi connectivity index (χ0) is 16.3. The Labute approximate surface area is 138 Å². The van der Waals surface area contributed by atoms with Crippen LogP contribution in [0.2, 0.25) is 0 Å². The number of fused-ring (bicyclic) bond motifs is 1. The van der Waals surface area contributed by atoms with E-state index in [0.717, 1.165) is 58.3 Å². The molecule has 23 heavy (non-hydrogen) atoms. The third-order valence-corrected chi connectivity index (χ3v) is 5.51. The topological polar surface area (TPSA) is 59.1 Å². The van der Waals surface area contributed by atoms with E-state index in [4.69, 9.17) is 9.47 Å². The second-order valence-electron chi connectivity index (χ2n) is 7.14. The third-order valence-electron chi connectivity index (χ3n) is 5.51. The fraction of sp³-hybridized carbons (Fsp3) is 0.882. The van der Waals surface area contributed by atoms with Gasteiger partial charge in [0.1, 0.15) is 6.61 Å². The zero-order valence-corrected chi connectivity index (χ0v) is 14.1. The van der Waals surface area contributed by atoms with Crippen LogP contribution < -0.4 is 0 Å². The molecule has 0 radical (unpaired) electrons. The number of rotatable bonds is 4. The summed E-state index contributed by atoms with van der Waals surface area (Å²) in [4.78, 5) is 27.7. The van der Waals surface area contributed by atoms with Crippen LogP contribution in [0.1, 0.15) is 39.0 Å². The largest absolute Gasteiger partial charge is 0.377 e. The summed E-state index contributed by atoms with van der Waals surface area (Å²) in [7, 11) is 0. The Balaban J connectivity index is 1.57. The molecule has 3 heterocycles. The fourth-order valence-electron chi connectivity index (χ4n) is 4.17. The van der Waals surface area contributed by atoms with Crippen LogP contribution in [0, 0.1) is 5.41 Å². The van der Waals surface area contributed by atoms with Gasteiger partial charge in [0.05, 0.1) is 12.7 Å². The molecular weight excluding hydrogens is 296 g/mol. The zero-order valence-electron chi connectivity index (χ0n) is 14.1. The standard InChI is InChI=1S/C17H28N2O4/c1-14(20)19-9-5-15-17(12-19,6-4-10-23-15)13-22-11-16(21)18-7-2-3-8-18/h15H,2-13H2,1H3. The maximum Gasteiger partial charge on any atom is 0.248 e. The summed E-state index contributed by atoms with van der Waals surface area (Å²) >= 11 is 0. The molecule has 0 saturated carbocycles. The molecule has 0 aromatic carbocycles. The third kappa shape index (κ3) is 3.69. The molecular formula is C17H28N2O4. The highest BCUT2D eigenvalue weighted by Gasteiger charge is 2.46. The summed E-state index contributed by atoms with van der Waals surface area (Å²) in [6.07, 6.45) is 5.19. The number of piperidine rings is 1. The van der Waals surface area contributed by atoms with E-state index >= 15 is 0 Å². The summed E-state index contributed by atoms with van der Waals surface area (Å²) < 4.78 is 11.8. The van der Waals surface area contributed by atoms with E-state index in [-0.39, 0.29) is 29.9 Å². The molecule has 0 spiro atoms. The van der Waals surface area contributed by atoms with Crippen molar-refractivity contribution in [2.45, 2.75) is 45.1 Å². The van der Waals surface area contributed by atoms with Crippen LogP contribution in [-0.2, 0) is 19.1 Å². The normalized spacial score (nSPS) is 31.1. The van der Waals surface area contributed by atoms with Crippen molar-refractivity contribution in [2.75, 3.05) is 46.0 Å². The van der Waals surface area contributed by atoms with Gasteiger partial charge in [0.25, 0.3) is 0 Å². The molecule has 3 aliphatic rings. The quantitative estimate of drug-likeness (QED) is 0.775. The van der Waals surface area contributed by atoms with E-state index < -0.39 is 0 Å². The Morgan fingerprint density at radius 2 is 1.96 bits per heavy atom. The van der Waals surface area contributed by atoms with Crippen molar-refractivity contribution in [2.24, 2.45) is 5.41 Å². The highest BCUT2D eigenvalue weighted by atomic mass is 16.5. The van der Waals surface area contributed by atoms with Gasteiger partial charge in [0, 0.05) is 45.1 Å². The first-order valence-corrected chi connectivity index (χ1v) is 8.83. The lowest BCUT2D eigenvalue weighted by molar-refractivity contribution is -0.167. The Morgan fingerprint density at radius 1 is 1.17 bits per heavy atom. The van der Waals surface area contributed by atoms with Crippen LogP contribution >= 0.6 is 0 Å². The number of carbonyl (C=O) groups excluding carboxylic acids is 2. The summed E-state index contributed by atoms with van der Waals surface area (Å²) in [5, 5.41) is 0. The molecule has 0 aromatic rings. The Bertz CT molecular complexity index is 450. The number of hydrogen-bond donors (Lipinski definition) is 0. The van der Waals surface area contributed by atoms with Gasteiger partial charge in [-0.2, -0.15) is 0 Å². The molecule has 130 valence electrons. The molecule has 0 aliphatic carbocycles. The van der Waals surface area contributed by atoms with Crippen molar-refractivity contribution in [1.29, 1.82) is 0 Å². The minimum absolute atomic E-state index is 0.0893.